The molecule has 5 rings (SSSR count). The fourth-order valence-corrected chi connectivity index (χ4v) is 6.23. The molecule has 1 aliphatic heterocycles. The number of fused-ring (bicyclic) bond motifs is 2. The quantitative estimate of drug-likeness (QED) is 0.532. The second kappa shape index (κ2) is 10.4. The lowest BCUT2D eigenvalue weighted by Gasteiger charge is -2.30. The SMILES string of the molecule is O=C1c2ccccc2C(=C2CCN(CCCCC3CCCCC3)CC2)c2ccccc2C1O. The van der Waals surface area contributed by atoms with E-state index < -0.39 is 6.10 Å². The molecule has 174 valence electrons. The molecule has 0 aromatic heterocycles. The Morgan fingerprint density at radius 3 is 2.24 bits per heavy atom. The van der Waals surface area contributed by atoms with Gasteiger partial charge in [0.1, 0.15) is 6.10 Å². The molecule has 1 N–H and O–H groups in total. The van der Waals surface area contributed by atoms with Crippen LogP contribution in [0.2, 0.25) is 0 Å². The van der Waals surface area contributed by atoms with Gasteiger partial charge in [-0.1, -0.05) is 99.0 Å². The molecule has 2 fully saturated rings. The van der Waals surface area contributed by atoms with Gasteiger partial charge in [-0.25, -0.2) is 0 Å². The predicted molar refractivity (Wildman–Crippen MR) is 134 cm³/mol. The van der Waals surface area contributed by atoms with E-state index in [-0.39, 0.29) is 5.78 Å². The van der Waals surface area contributed by atoms with Crippen LogP contribution >= 0.6 is 0 Å². The van der Waals surface area contributed by atoms with Crippen molar-refractivity contribution in [3.63, 3.8) is 0 Å². The summed E-state index contributed by atoms with van der Waals surface area (Å²) in [6.07, 6.45) is 12.3. The Hall–Kier alpha value is -2.23. The predicted octanol–water partition coefficient (Wildman–Crippen LogP) is 6.56. The molecular weight excluding hydrogens is 406 g/mol. The number of aliphatic hydroxyl groups excluding tert-OH is 1. The van der Waals surface area contributed by atoms with Crippen LogP contribution < -0.4 is 0 Å². The Labute approximate surface area is 198 Å². The summed E-state index contributed by atoms with van der Waals surface area (Å²) in [5, 5.41) is 10.8. The van der Waals surface area contributed by atoms with Crippen molar-refractivity contribution >= 4 is 11.4 Å². The van der Waals surface area contributed by atoms with Gasteiger partial charge in [0, 0.05) is 18.7 Å². The number of rotatable bonds is 5. The molecule has 0 bridgehead atoms. The number of unbranched alkanes of at least 4 members (excludes halogenated alkanes) is 1. The van der Waals surface area contributed by atoms with Gasteiger partial charge in [-0.3, -0.25) is 4.79 Å². The number of ketones is 1. The number of carbonyl (C=O) groups excluding carboxylic acids is 1. The Kier molecular flexibility index (Phi) is 7.08. The highest BCUT2D eigenvalue weighted by Crippen LogP contribution is 2.41. The number of likely N-dealkylation sites (tertiary alicyclic amines) is 1. The lowest BCUT2D eigenvalue weighted by Crippen LogP contribution is -2.32. The summed E-state index contributed by atoms with van der Waals surface area (Å²) in [4.78, 5) is 15.7. The maximum absolute atomic E-state index is 13.1. The minimum Gasteiger partial charge on any atom is -0.380 e. The summed E-state index contributed by atoms with van der Waals surface area (Å²) in [5.74, 6) is 0.800. The zero-order valence-corrected chi connectivity index (χ0v) is 19.8. The van der Waals surface area contributed by atoms with Crippen LogP contribution in [-0.4, -0.2) is 35.4 Å². The van der Waals surface area contributed by atoms with E-state index in [1.165, 1.54) is 69.1 Å². The van der Waals surface area contributed by atoms with Gasteiger partial charge in [-0.2, -0.15) is 0 Å². The number of hydrogen-bond acceptors (Lipinski definition) is 3. The summed E-state index contributed by atoms with van der Waals surface area (Å²) in [7, 11) is 0. The highest BCUT2D eigenvalue weighted by molar-refractivity contribution is 6.08. The molecular formula is C30H37NO2. The Morgan fingerprint density at radius 1 is 0.818 bits per heavy atom. The van der Waals surface area contributed by atoms with Gasteiger partial charge in [0.25, 0.3) is 0 Å². The number of hydrogen-bond donors (Lipinski definition) is 1. The maximum Gasteiger partial charge on any atom is 0.196 e. The molecule has 2 aromatic carbocycles. The van der Waals surface area contributed by atoms with E-state index >= 15 is 0 Å². The van der Waals surface area contributed by atoms with E-state index in [9.17, 15) is 9.90 Å². The molecule has 2 aliphatic carbocycles. The molecule has 3 heteroatoms. The van der Waals surface area contributed by atoms with Crippen molar-refractivity contribution in [2.45, 2.75) is 70.3 Å². The number of carbonyl (C=O) groups is 1. The minimum absolute atomic E-state index is 0.191. The van der Waals surface area contributed by atoms with Crippen molar-refractivity contribution in [2.24, 2.45) is 5.92 Å². The van der Waals surface area contributed by atoms with Crippen LogP contribution in [0.4, 0.5) is 0 Å². The molecule has 0 spiro atoms. The molecule has 1 atom stereocenters. The van der Waals surface area contributed by atoms with Crippen molar-refractivity contribution in [1.82, 2.24) is 4.90 Å². The molecule has 1 heterocycles. The second-order valence-electron chi connectivity index (χ2n) is 10.2. The third-order valence-corrected chi connectivity index (χ3v) is 8.11. The van der Waals surface area contributed by atoms with E-state index in [0.29, 0.717) is 5.56 Å². The first kappa shape index (κ1) is 22.6. The van der Waals surface area contributed by atoms with Gasteiger partial charge in [-0.05, 0) is 54.0 Å². The van der Waals surface area contributed by atoms with Gasteiger partial charge in [0.2, 0.25) is 0 Å². The molecule has 1 unspecified atom stereocenters. The lowest BCUT2D eigenvalue weighted by atomic mass is 9.85. The average molecular weight is 444 g/mol. The smallest absolute Gasteiger partial charge is 0.196 e. The van der Waals surface area contributed by atoms with Crippen LogP contribution in [0, 0.1) is 5.92 Å². The van der Waals surface area contributed by atoms with Gasteiger partial charge >= 0.3 is 0 Å². The van der Waals surface area contributed by atoms with E-state index in [4.69, 9.17) is 0 Å². The van der Waals surface area contributed by atoms with E-state index in [2.05, 4.69) is 17.0 Å². The van der Waals surface area contributed by atoms with Crippen molar-refractivity contribution in [3.8, 4) is 0 Å². The Bertz CT molecular complexity index is 1010. The summed E-state index contributed by atoms with van der Waals surface area (Å²) < 4.78 is 0. The highest BCUT2D eigenvalue weighted by atomic mass is 16.3. The van der Waals surface area contributed by atoms with Gasteiger partial charge in [0.05, 0.1) is 0 Å². The minimum atomic E-state index is -1.09. The van der Waals surface area contributed by atoms with Crippen molar-refractivity contribution < 1.29 is 9.90 Å². The molecule has 33 heavy (non-hydrogen) atoms. The number of benzene rings is 2. The molecule has 0 radical (unpaired) electrons. The molecule has 2 aromatic rings. The van der Waals surface area contributed by atoms with Crippen LogP contribution in [0.1, 0.15) is 97.4 Å². The Morgan fingerprint density at radius 2 is 1.48 bits per heavy atom. The van der Waals surface area contributed by atoms with Crippen LogP contribution in [0.3, 0.4) is 0 Å². The first-order chi connectivity index (χ1) is 16.2. The Balaban J connectivity index is 1.30. The molecule has 1 saturated carbocycles. The molecule has 0 amide bonds. The normalized spacial score (nSPS) is 22.1. The monoisotopic (exact) mass is 443 g/mol. The zero-order valence-electron chi connectivity index (χ0n) is 19.8. The fraction of sp³-hybridized carbons (Fsp3) is 0.500. The first-order valence-corrected chi connectivity index (χ1v) is 13.1. The maximum atomic E-state index is 13.1. The van der Waals surface area contributed by atoms with Crippen LogP contribution in [-0.2, 0) is 0 Å². The molecule has 3 nitrogen and oxygen atoms in total. The summed E-state index contributed by atoms with van der Waals surface area (Å²) in [6.45, 7) is 3.38. The van der Waals surface area contributed by atoms with Crippen LogP contribution in [0.25, 0.3) is 5.57 Å². The first-order valence-electron chi connectivity index (χ1n) is 13.1. The van der Waals surface area contributed by atoms with Crippen molar-refractivity contribution in [2.75, 3.05) is 19.6 Å². The van der Waals surface area contributed by atoms with E-state index in [1.54, 1.807) is 0 Å². The average Bonchev–Trinajstić information content (AvgIpc) is 2.96. The number of aliphatic hydroxyl groups is 1. The van der Waals surface area contributed by atoms with Crippen LogP contribution in [0.5, 0.6) is 0 Å². The number of nitrogens with zero attached hydrogens (tertiary/aromatic N) is 1. The summed E-state index contributed by atoms with van der Waals surface area (Å²) in [6, 6.07) is 15.8. The summed E-state index contributed by atoms with van der Waals surface area (Å²) in [5.41, 5.74) is 6.01. The number of Topliss-reactive ketones (excluding diaryl/α,β-unsaturated/α-hetero) is 1. The summed E-state index contributed by atoms with van der Waals surface area (Å²) >= 11 is 0. The van der Waals surface area contributed by atoms with Crippen molar-refractivity contribution in [3.05, 3.63) is 76.4 Å². The van der Waals surface area contributed by atoms with Crippen molar-refractivity contribution in [1.29, 1.82) is 0 Å². The highest BCUT2D eigenvalue weighted by Gasteiger charge is 2.32. The zero-order chi connectivity index (χ0) is 22.6. The van der Waals surface area contributed by atoms with Crippen LogP contribution in [0.15, 0.2) is 54.1 Å². The topological polar surface area (TPSA) is 40.5 Å². The van der Waals surface area contributed by atoms with E-state index in [1.807, 2.05) is 36.4 Å². The standard InChI is InChI=1S/C30H37NO2/c32-29-26-15-6-4-13-24(26)28(25-14-5-7-16-27(25)30(29)33)23-17-20-31(21-18-23)19-9-8-12-22-10-2-1-3-11-22/h4-7,13-16,22,29,32H,1-3,8-12,17-21H2. The van der Waals surface area contributed by atoms with Gasteiger partial charge in [-0.15, -0.1) is 0 Å². The third kappa shape index (κ3) is 4.85. The van der Waals surface area contributed by atoms with E-state index in [0.717, 1.165) is 48.5 Å². The third-order valence-electron chi connectivity index (χ3n) is 8.11. The largest absolute Gasteiger partial charge is 0.380 e. The lowest BCUT2D eigenvalue weighted by molar-refractivity contribution is 0.0748. The van der Waals surface area contributed by atoms with Gasteiger partial charge < -0.3 is 10.0 Å². The molecule has 1 saturated heterocycles. The van der Waals surface area contributed by atoms with Gasteiger partial charge in [0.15, 0.2) is 5.78 Å². The molecule has 3 aliphatic rings. The number of piperidine rings is 1. The second-order valence-corrected chi connectivity index (χ2v) is 10.2. The fourth-order valence-electron chi connectivity index (χ4n) is 6.23.